The van der Waals surface area contributed by atoms with Crippen molar-refractivity contribution in [3.8, 4) is 34.0 Å². The molecule has 2 unspecified atom stereocenters. The van der Waals surface area contributed by atoms with Crippen LogP contribution in [0.2, 0.25) is 0 Å². The van der Waals surface area contributed by atoms with Gasteiger partial charge in [0.1, 0.15) is 11.1 Å². The topological polar surface area (TPSA) is 48.8 Å². The Kier molecular flexibility index (Phi) is 7.20. The Balaban J connectivity index is 1.20. The van der Waals surface area contributed by atoms with E-state index in [-0.39, 0.29) is 11.8 Å². The van der Waals surface area contributed by atoms with Gasteiger partial charge in [0.2, 0.25) is 5.95 Å². The van der Waals surface area contributed by atoms with E-state index in [1.54, 1.807) is 0 Å². The second-order valence-electron chi connectivity index (χ2n) is 15.4. The van der Waals surface area contributed by atoms with Crippen molar-refractivity contribution in [3.05, 3.63) is 194 Å². The average Bonchev–Trinajstić information content (AvgIpc) is 3.95. The van der Waals surface area contributed by atoms with Crippen LogP contribution in [0.1, 0.15) is 18.5 Å². The van der Waals surface area contributed by atoms with E-state index in [2.05, 4.69) is 192 Å². The molecule has 0 amide bonds. The molecule has 5 nitrogen and oxygen atoms in total. The number of hydrogen-bond acceptors (Lipinski definition) is 3. The number of nitrogens with zero attached hydrogens (tertiary/aromatic N) is 4. The maximum absolute atomic E-state index is 6.91. The molecule has 11 aromatic rings. The lowest BCUT2D eigenvalue weighted by Gasteiger charge is -2.21. The van der Waals surface area contributed by atoms with Crippen molar-refractivity contribution in [2.75, 3.05) is 0 Å². The lowest BCUT2D eigenvalue weighted by Crippen LogP contribution is -2.13. The molecule has 0 saturated heterocycles. The fraction of sp³-hybridized carbons (Fsp3) is 0.0566. The van der Waals surface area contributed by atoms with E-state index in [1.807, 2.05) is 12.1 Å². The van der Waals surface area contributed by atoms with Crippen LogP contribution in [0.15, 0.2) is 193 Å². The molecule has 0 bridgehead atoms. The summed E-state index contributed by atoms with van der Waals surface area (Å²) < 4.78 is 11.5. The highest BCUT2D eigenvalue weighted by molar-refractivity contribution is 6.26. The molecule has 1 aliphatic rings. The van der Waals surface area contributed by atoms with Crippen molar-refractivity contribution in [2.45, 2.75) is 12.8 Å². The van der Waals surface area contributed by atoms with Crippen LogP contribution in [0.25, 0.3) is 99.6 Å². The minimum Gasteiger partial charge on any atom is -0.454 e. The number of furan rings is 1. The molecule has 0 aliphatic heterocycles. The summed E-state index contributed by atoms with van der Waals surface area (Å²) in [4.78, 5) is 10.9. The van der Waals surface area contributed by atoms with E-state index in [0.717, 1.165) is 77.5 Å². The highest BCUT2D eigenvalue weighted by Crippen LogP contribution is 2.46. The predicted molar refractivity (Wildman–Crippen MR) is 239 cm³/mol. The van der Waals surface area contributed by atoms with E-state index in [1.165, 1.54) is 21.8 Å². The molecule has 274 valence electrons. The molecule has 5 heteroatoms. The van der Waals surface area contributed by atoms with Gasteiger partial charge in [-0.15, -0.1) is 0 Å². The van der Waals surface area contributed by atoms with Gasteiger partial charge in [-0.2, -0.15) is 0 Å². The van der Waals surface area contributed by atoms with E-state index < -0.39 is 0 Å². The molecule has 12 rings (SSSR count). The average molecular weight is 745 g/mol. The fourth-order valence-electron chi connectivity index (χ4n) is 9.33. The van der Waals surface area contributed by atoms with E-state index in [4.69, 9.17) is 14.4 Å². The first-order chi connectivity index (χ1) is 28.7. The summed E-state index contributed by atoms with van der Waals surface area (Å²) in [5.41, 5.74) is 12.3. The first kappa shape index (κ1) is 32.7. The third kappa shape index (κ3) is 4.90. The van der Waals surface area contributed by atoms with Gasteiger partial charge >= 0.3 is 0 Å². The molecular weight excluding hydrogens is 709 g/mol. The van der Waals surface area contributed by atoms with Crippen LogP contribution in [0.3, 0.4) is 0 Å². The Morgan fingerprint density at radius 3 is 2.00 bits per heavy atom. The number of benzene rings is 7. The molecule has 0 saturated carbocycles. The largest absolute Gasteiger partial charge is 0.454 e. The molecule has 1 aliphatic carbocycles. The molecular formula is C53H36N4O. The zero-order valence-electron chi connectivity index (χ0n) is 31.7. The quantitative estimate of drug-likeness (QED) is 0.176. The predicted octanol–water partition coefficient (Wildman–Crippen LogP) is 13.7. The van der Waals surface area contributed by atoms with Crippen LogP contribution < -0.4 is 0 Å². The zero-order valence-corrected chi connectivity index (χ0v) is 31.7. The monoisotopic (exact) mass is 744 g/mol. The van der Waals surface area contributed by atoms with Gasteiger partial charge in [-0.1, -0.05) is 140 Å². The molecule has 2 atom stereocenters. The number of para-hydroxylation sites is 4. The summed E-state index contributed by atoms with van der Waals surface area (Å²) >= 11 is 0. The summed E-state index contributed by atoms with van der Waals surface area (Å²) in [7, 11) is 0. The third-order valence-electron chi connectivity index (χ3n) is 12.0. The summed E-state index contributed by atoms with van der Waals surface area (Å²) in [6, 6.07) is 58.3. The van der Waals surface area contributed by atoms with Crippen LogP contribution in [-0.4, -0.2) is 19.1 Å². The van der Waals surface area contributed by atoms with E-state index in [0.29, 0.717) is 5.95 Å². The Morgan fingerprint density at radius 1 is 0.517 bits per heavy atom. The highest BCUT2D eigenvalue weighted by atomic mass is 16.3. The number of rotatable bonds is 5. The fourth-order valence-corrected chi connectivity index (χ4v) is 9.33. The molecule has 0 radical (unpaired) electrons. The highest BCUT2D eigenvalue weighted by Gasteiger charge is 2.27. The van der Waals surface area contributed by atoms with Gasteiger partial charge in [0.05, 0.1) is 27.9 Å². The zero-order chi connectivity index (χ0) is 38.3. The summed E-state index contributed by atoms with van der Waals surface area (Å²) in [6.07, 6.45) is 8.78. The second kappa shape index (κ2) is 12.8. The molecule has 4 heterocycles. The summed E-state index contributed by atoms with van der Waals surface area (Å²) in [5.74, 6) is 1.01. The molecule has 4 aromatic heterocycles. The van der Waals surface area contributed by atoms with Crippen LogP contribution in [0.5, 0.6) is 0 Å². The lowest BCUT2D eigenvalue weighted by atomic mass is 9.87. The van der Waals surface area contributed by atoms with Gasteiger partial charge in [0, 0.05) is 49.5 Å². The minimum atomic E-state index is 0.105. The molecule has 0 spiro atoms. The van der Waals surface area contributed by atoms with E-state index >= 15 is 0 Å². The Hall–Kier alpha value is -7.50. The molecule has 0 fully saturated rings. The van der Waals surface area contributed by atoms with Crippen LogP contribution in [0.4, 0.5) is 0 Å². The van der Waals surface area contributed by atoms with Gasteiger partial charge in [-0.05, 0) is 71.6 Å². The van der Waals surface area contributed by atoms with Crippen molar-refractivity contribution in [1.29, 1.82) is 0 Å². The van der Waals surface area contributed by atoms with Gasteiger partial charge in [0.15, 0.2) is 5.58 Å². The number of hydrogen-bond donors (Lipinski definition) is 0. The van der Waals surface area contributed by atoms with Gasteiger partial charge in [-0.25, -0.2) is 9.97 Å². The van der Waals surface area contributed by atoms with Crippen molar-refractivity contribution >= 4 is 65.6 Å². The van der Waals surface area contributed by atoms with Crippen LogP contribution in [-0.2, 0) is 0 Å². The molecule has 58 heavy (non-hydrogen) atoms. The maximum Gasteiger partial charge on any atom is 0.235 e. The van der Waals surface area contributed by atoms with Crippen molar-refractivity contribution in [2.24, 2.45) is 5.92 Å². The number of allylic oxidation sites excluding steroid dienone is 4. The smallest absolute Gasteiger partial charge is 0.235 e. The normalized spacial score (nSPS) is 15.5. The summed E-state index contributed by atoms with van der Waals surface area (Å²) in [6.45, 7) is 2.26. The van der Waals surface area contributed by atoms with Gasteiger partial charge < -0.3 is 8.98 Å². The van der Waals surface area contributed by atoms with Crippen molar-refractivity contribution in [1.82, 2.24) is 19.1 Å². The van der Waals surface area contributed by atoms with Crippen LogP contribution >= 0.6 is 0 Å². The SMILES string of the molecule is CC1C=CC=CC1c1cc(-c2ccccc2)nc(-n2c3ccccc3c3c(-c4ccc5c(c4)c4ccccc4n5-c4ccccc4)cc4c5ccccc5oc4c32)n1. The summed E-state index contributed by atoms with van der Waals surface area (Å²) in [5, 5.41) is 6.78. The second-order valence-corrected chi connectivity index (χ2v) is 15.4. The maximum atomic E-state index is 6.91. The standard InChI is InChI=1S/C53H36N4O/c1-33-16-8-9-21-37(33)45-32-44(34-17-4-2-5-18-34)54-53(55-45)57-47-26-14-11-24-40(47)50-41(31-43-39-23-12-15-27-49(39)58-52(43)51(50)57)35-28-29-48-42(30-35)38-22-10-13-25-46(38)56(48)36-19-6-3-7-20-36/h2-33,37H,1H3. The van der Waals surface area contributed by atoms with Crippen molar-refractivity contribution < 1.29 is 4.42 Å². The van der Waals surface area contributed by atoms with Gasteiger partial charge in [-0.3, -0.25) is 4.57 Å². The Bertz CT molecular complexity index is 3480. The Labute approximate surface area is 334 Å². The first-order valence-electron chi connectivity index (χ1n) is 20.0. The number of fused-ring (bicyclic) bond motifs is 10. The Morgan fingerprint density at radius 2 is 1.19 bits per heavy atom. The molecule has 7 aromatic carbocycles. The van der Waals surface area contributed by atoms with Crippen LogP contribution in [0, 0.1) is 5.92 Å². The molecule has 0 N–H and O–H groups in total. The number of aromatic nitrogens is 4. The minimum absolute atomic E-state index is 0.105. The lowest BCUT2D eigenvalue weighted by molar-refractivity contribution is 0.617. The first-order valence-corrected chi connectivity index (χ1v) is 20.0. The van der Waals surface area contributed by atoms with Crippen molar-refractivity contribution in [3.63, 3.8) is 0 Å². The third-order valence-corrected chi connectivity index (χ3v) is 12.0. The van der Waals surface area contributed by atoms with E-state index in [9.17, 15) is 0 Å². The van der Waals surface area contributed by atoms with Gasteiger partial charge in [0.25, 0.3) is 0 Å².